The van der Waals surface area contributed by atoms with Gasteiger partial charge in [0.25, 0.3) is 0 Å². The molecule has 0 radical (unpaired) electrons. The lowest BCUT2D eigenvalue weighted by molar-refractivity contribution is 0.513. The summed E-state index contributed by atoms with van der Waals surface area (Å²) in [6.45, 7) is 2.12. The molecule has 0 fully saturated rings. The van der Waals surface area contributed by atoms with E-state index >= 15 is 0 Å². The lowest BCUT2D eigenvalue weighted by Gasteiger charge is -2.04. The number of unbranched alkanes of at least 4 members (excludes halogenated alkanes) is 1. The molecular formula is C10H15O2P. The van der Waals surface area contributed by atoms with Gasteiger partial charge in [-0.05, 0) is 24.5 Å². The number of rotatable bonds is 4. The van der Waals surface area contributed by atoms with Crippen molar-refractivity contribution >= 4 is 13.3 Å². The SMILES string of the molecule is CCCCc1ccccc1[PH](=O)O. The molecule has 1 aromatic rings. The summed E-state index contributed by atoms with van der Waals surface area (Å²) in [6.07, 6.45) is 3.09. The van der Waals surface area contributed by atoms with Gasteiger partial charge in [-0.2, -0.15) is 0 Å². The van der Waals surface area contributed by atoms with Crippen molar-refractivity contribution in [1.82, 2.24) is 0 Å². The Morgan fingerprint density at radius 2 is 2.08 bits per heavy atom. The highest BCUT2D eigenvalue weighted by Crippen LogP contribution is 2.17. The van der Waals surface area contributed by atoms with Crippen molar-refractivity contribution in [3.05, 3.63) is 29.8 Å². The maximum Gasteiger partial charge on any atom is 0.218 e. The smallest absolute Gasteiger partial charge is 0.218 e. The average molecular weight is 198 g/mol. The summed E-state index contributed by atoms with van der Waals surface area (Å²) >= 11 is 0. The number of aryl methyl sites for hydroxylation is 1. The zero-order valence-electron chi connectivity index (χ0n) is 7.79. The van der Waals surface area contributed by atoms with Gasteiger partial charge in [0.05, 0.1) is 0 Å². The second kappa shape index (κ2) is 5.21. The van der Waals surface area contributed by atoms with E-state index in [1.54, 1.807) is 6.07 Å². The Kier molecular flexibility index (Phi) is 4.20. The molecule has 1 N–H and O–H groups in total. The molecule has 0 amide bonds. The molecule has 0 aliphatic rings. The fraction of sp³-hybridized carbons (Fsp3) is 0.400. The van der Waals surface area contributed by atoms with Crippen molar-refractivity contribution in [2.45, 2.75) is 26.2 Å². The average Bonchev–Trinajstić information content (AvgIpc) is 2.15. The van der Waals surface area contributed by atoms with Crippen molar-refractivity contribution in [1.29, 1.82) is 0 Å². The Balaban J connectivity index is 2.84. The standard InChI is InChI=1S/C10H15O2P/c1-2-3-6-9-7-4-5-8-10(9)13(11)12/h4-5,7-8,13H,2-3,6H2,1H3,(H,11,12). The third-order valence-corrected chi connectivity index (χ3v) is 3.00. The van der Waals surface area contributed by atoms with E-state index in [2.05, 4.69) is 6.92 Å². The van der Waals surface area contributed by atoms with Crippen LogP contribution in [0.4, 0.5) is 0 Å². The molecule has 0 saturated carbocycles. The second-order valence-electron chi connectivity index (χ2n) is 3.07. The van der Waals surface area contributed by atoms with Crippen LogP contribution in [-0.2, 0) is 11.0 Å². The predicted molar refractivity (Wildman–Crippen MR) is 55.9 cm³/mol. The van der Waals surface area contributed by atoms with Gasteiger partial charge in [0.2, 0.25) is 8.03 Å². The molecule has 72 valence electrons. The lowest BCUT2D eigenvalue weighted by Crippen LogP contribution is -2.04. The van der Waals surface area contributed by atoms with E-state index in [1.807, 2.05) is 18.2 Å². The van der Waals surface area contributed by atoms with Gasteiger partial charge < -0.3 is 4.89 Å². The van der Waals surface area contributed by atoms with Gasteiger partial charge in [0.1, 0.15) is 0 Å². The molecule has 0 saturated heterocycles. The van der Waals surface area contributed by atoms with Gasteiger partial charge in [0.15, 0.2) is 0 Å². The van der Waals surface area contributed by atoms with Crippen molar-refractivity contribution in [2.24, 2.45) is 0 Å². The monoisotopic (exact) mass is 198 g/mol. The molecular weight excluding hydrogens is 183 g/mol. The molecule has 0 aliphatic heterocycles. The molecule has 0 aliphatic carbocycles. The van der Waals surface area contributed by atoms with E-state index < -0.39 is 8.03 Å². The maximum atomic E-state index is 11.0. The minimum atomic E-state index is -2.52. The highest BCUT2D eigenvalue weighted by molar-refractivity contribution is 7.47. The molecule has 0 bridgehead atoms. The van der Waals surface area contributed by atoms with Crippen LogP contribution >= 0.6 is 8.03 Å². The lowest BCUT2D eigenvalue weighted by atomic mass is 10.1. The highest BCUT2D eigenvalue weighted by Gasteiger charge is 2.04. The molecule has 1 rings (SSSR count). The minimum Gasteiger partial charge on any atom is -0.343 e. The van der Waals surface area contributed by atoms with E-state index in [9.17, 15) is 4.57 Å². The van der Waals surface area contributed by atoms with E-state index in [1.165, 1.54) is 0 Å². The Morgan fingerprint density at radius 1 is 1.38 bits per heavy atom. The normalized spacial score (nSPS) is 12.8. The minimum absolute atomic E-state index is 0.626. The van der Waals surface area contributed by atoms with Crippen LogP contribution in [0.2, 0.25) is 0 Å². The molecule has 3 heteroatoms. The van der Waals surface area contributed by atoms with Gasteiger partial charge >= 0.3 is 0 Å². The summed E-state index contributed by atoms with van der Waals surface area (Å²) in [4.78, 5) is 9.05. The molecule has 1 unspecified atom stereocenters. The van der Waals surface area contributed by atoms with Crippen LogP contribution in [0, 0.1) is 0 Å². The summed E-state index contributed by atoms with van der Waals surface area (Å²) in [6, 6.07) is 7.40. The van der Waals surface area contributed by atoms with Gasteiger partial charge in [-0.25, -0.2) is 0 Å². The van der Waals surface area contributed by atoms with Crippen molar-refractivity contribution < 1.29 is 9.46 Å². The summed E-state index contributed by atoms with van der Waals surface area (Å²) < 4.78 is 11.0. The Labute approximate surface area is 79.5 Å². The van der Waals surface area contributed by atoms with Crippen LogP contribution in [0.25, 0.3) is 0 Å². The van der Waals surface area contributed by atoms with Gasteiger partial charge in [-0.3, -0.25) is 4.57 Å². The van der Waals surface area contributed by atoms with Gasteiger partial charge in [-0.1, -0.05) is 31.5 Å². The van der Waals surface area contributed by atoms with Crippen LogP contribution < -0.4 is 5.30 Å². The largest absolute Gasteiger partial charge is 0.343 e. The molecule has 0 aromatic heterocycles. The number of hydrogen-bond acceptors (Lipinski definition) is 1. The van der Waals surface area contributed by atoms with Crippen molar-refractivity contribution in [3.63, 3.8) is 0 Å². The molecule has 13 heavy (non-hydrogen) atoms. The fourth-order valence-corrected chi connectivity index (χ4v) is 2.04. The second-order valence-corrected chi connectivity index (χ2v) is 4.21. The summed E-state index contributed by atoms with van der Waals surface area (Å²) in [5.41, 5.74) is 1.02. The first-order valence-electron chi connectivity index (χ1n) is 4.57. The van der Waals surface area contributed by atoms with Gasteiger partial charge in [0, 0.05) is 5.30 Å². The summed E-state index contributed by atoms with van der Waals surface area (Å²) in [7, 11) is -2.52. The highest BCUT2D eigenvalue weighted by atomic mass is 31.1. The number of hydrogen-bond donors (Lipinski definition) is 1. The molecule has 2 nitrogen and oxygen atoms in total. The molecule has 1 atom stereocenters. The topological polar surface area (TPSA) is 37.3 Å². The van der Waals surface area contributed by atoms with Crippen LogP contribution in [0.3, 0.4) is 0 Å². The van der Waals surface area contributed by atoms with Crippen molar-refractivity contribution in [2.75, 3.05) is 0 Å². The predicted octanol–water partition coefficient (Wildman–Crippen LogP) is 2.12. The molecule has 0 heterocycles. The Bertz CT molecular complexity index is 297. The van der Waals surface area contributed by atoms with Gasteiger partial charge in [-0.15, -0.1) is 0 Å². The third kappa shape index (κ3) is 2.98. The van der Waals surface area contributed by atoms with Crippen LogP contribution in [0.15, 0.2) is 24.3 Å². The zero-order chi connectivity index (χ0) is 9.68. The van der Waals surface area contributed by atoms with Crippen LogP contribution in [0.5, 0.6) is 0 Å². The first-order chi connectivity index (χ1) is 6.25. The van der Waals surface area contributed by atoms with E-state index in [0.717, 1.165) is 24.8 Å². The zero-order valence-corrected chi connectivity index (χ0v) is 8.79. The Hall–Kier alpha value is -0.590. The van der Waals surface area contributed by atoms with Crippen LogP contribution in [-0.4, -0.2) is 4.89 Å². The van der Waals surface area contributed by atoms with E-state index in [0.29, 0.717) is 5.30 Å². The molecule has 1 aromatic carbocycles. The molecule has 0 spiro atoms. The first kappa shape index (κ1) is 10.5. The van der Waals surface area contributed by atoms with E-state index in [4.69, 9.17) is 4.89 Å². The summed E-state index contributed by atoms with van der Waals surface area (Å²) in [5.74, 6) is 0. The van der Waals surface area contributed by atoms with E-state index in [-0.39, 0.29) is 0 Å². The van der Waals surface area contributed by atoms with Crippen molar-refractivity contribution in [3.8, 4) is 0 Å². The first-order valence-corrected chi connectivity index (χ1v) is 5.92. The fourth-order valence-electron chi connectivity index (χ4n) is 1.31. The summed E-state index contributed by atoms with van der Waals surface area (Å²) in [5, 5.41) is 0.626. The Morgan fingerprint density at radius 3 is 2.69 bits per heavy atom. The maximum absolute atomic E-state index is 11.0. The third-order valence-electron chi connectivity index (χ3n) is 2.05. The van der Waals surface area contributed by atoms with Crippen LogP contribution in [0.1, 0.15) is 25.3 Å². The number of benzene rings is 1. The quantitative estimate of drug-likeness (QED) is 0.752.